The molecular formula is C9H15NO5. The minimum absolute atomic E-state index is 0.108. The van der Waals surface area contributed by atoms with Crippen molar-refractivity contribution in [1.29, 1.82) is 0 Å². The molecule has 1 aliphatic carbocycles. The summed E-state index contributed by atoms with van der Waals surface area (Å²) in [5.41, 5.74) is 1.51. The van der Waals surface area contributed by atoms with Gasteiger partial charge in [0.25, 0.3) is 0 Å². The molecule has 15 heavy (non-hydrogen) atoms. The van der Waals surface area contributed by atoms with Gasteiger partial charge in [-0.3, -0.25) is 14.8 Å². The molecule has 2 unspecified atom stereocenters. The van der Waals surface area contributed by atoms with Crippen LogP contribution in [-0.2, 0) is 14.3 Å². The lowest BCUT2D eigenvalue weighted by molar-refractivity contribution is -0.153. The predicted molar refractivity (Wildman–Crippen MR) is 49.2 cm³/mol. The molecule has 1 fully saturated rings. The van der Waals surface area contributed by atoms with Gasteiger partial charge in [0.1, 0.15) is 0 Å². The van der Waals surface area contributed by atoms with Crippen LogP contribution in [-0.4, -0.2) is 35.4 Å². The Labute approximate surface area is 87.2 Å². The molecule has 0 aromatic rings. The molecule has 1 amide bonds. The van der Waals surface area contributed by atoms with Gasteiger partial charge in [0.05, 0.1) is 17.9 Å². The topological polar surface area (TPSA) is 95.9 Å². The monoisotopic (exact) mass is 217 g/mol. The third-order valence-electron chi connectivity index (χ3n) is 2.90. The fourth-order valence-electron chi connectivity index (χ4n) is 2.01. The van der Waals surface area contributed by atoms with E-state index >= 15 is 0 Å². The Morgan fingerprint density at radius 1 is 1.33 bits per heavy atom. The summed E-state index contributed by atoms with van der Waals surface area (Å²) >= 11 is 0. The number of methoxy groups -OCH3 is 1. The smallest absolute Gasteiger partial charge is 0.307 e. The SMILES string of the molecule is COC1CC[C@H](C(=O)O)C(C(=O)NO)C1. The molecule has 0 aliphatic heterocycles. The second-order valence-electron chi connectivity index (χ2n) is 3.70. The summed E-state index contributed by atoms with van der Waals surface area (Å²) in [6.45, 7) is 0. The molecular weight excluding hydrogens is 202 g/mol. The van der Waals surface area contributed by atoms with Crippen molar-refractivity contribution in [3.63, 3.8) is 0 Å². The second kappa shape index (κ2) is 5.09. The Kier molecular flexibility index (Phi) is 4.05. The molecule has 0 aromatic heterocycles. The quantitative estimate of drug-likeness (QED) is 0.457. The lowest BCUT2D eigenvalue weighted by atomic mass is 9.77. The summed E-state index contributed by atoms with van der Waals surface area (Å²) in [4.78, 5) is 22.1. The normalized spacial score (nSPS) is 30.9. The van der Waals surface area contributed by atoms with Gasteiger partial charge >= 0.3 is 5.97 Å². The summed E-state index contributed by atoms with van der Waals surface area (Å²) in [5.74, 6) is -3.10. The van der Waals surface area contributed by atoms with Crippen LogP contribution in [0.25, 0.3) is 0 Å². The number of amides is 1. The molecule has 3 atom stereocenters. The Morgan fingerprint density at radius 3 is 2.47 bits per heavy atom. The highest BCUT2D eigenvalue weighted by Crippen LogP contribution is 2.31. The molecule has 6 heteroatoms. The fraction of sp³-hybridized carbons (Fsp3) is 0.778. The molecule has 6 nitrogen and oxygen atoms in total. The molecule has 0 spiro atoms. The van der Waals surface area contributed by atoms with Crippen molar-refractivity contribution in [3.05, 3.63) is 0 Å². The minimum Gasteiger partial charge on any atom is -0.481 e. The van der Waals surface area contributed by atoms with Crippen LogP contribution in [0.2, 0.25) is 0 Å². The van der Waals surface area contributed by atoms with Crippen molar-refractivity contribution in [2.45, 2.75) is 25.4 Å². The van der Waals surface area contributed by atoms with E-state index in [9.17, 15) is 9.59 Å². The summed E-state index contributed by atoms with van der Waals surface area (Å²) in [7, 11) is 1.53. The maximum Gasteiger partial charge on any atom is 0.307 e. The molecule has 0 radical (unpaired) electrons. The van der Waals surface area contributed by atoms with Gasteiger partial charge < -0.3 is 9.84 Å². The second-order valence-corrected chi connectivity index (χ2v) is 3.70. The first kappa shape index (κ1) is 11.9. The number of nitrogens with one attached hydrogen (secondary N) is 1. The summed E-state index contributed by atoms with van der Waals surface area (Å²) < 4.78 is 5.09. The average molecular weight is 217 g/mol. The van der Waals surface area contributed by atoms with Crippen LogP contribution in [0, 0.1) is 11.8 Å². The van der Waals surface area contributed by atoms with E-state index in [4.69, 9.17) is 15.1 Å². The van der Waals surface area contributed by atoms with Crippen LogP contribution in [0.4, 0.5) is 0 Å². The molecule has 0 heterocycles. The lowest BCUT2D eigenvalue weighted by Crippen LogP contribution is -2.42. The maximum atomic E-state index is 11.3. The maximum absolute atomic E-state index is 11.3. The summed E-state index contributed by atoms with van der Waals surface area (Å²) in [6.07, 6.45) is 1.25. The van der Waals surface area contributed by atoms with Crippen LogP contribution < -0.4 is 5.48 Å². The molecule has 0 aromatic carbocycles. The van der Waals surface area contributed by atoms with Crippen LogP contribution in [0.3, 0.4) is 0 Å². The molecule has 3 N–H and O–H groups in total. The number of aliphatic carboxylic acids is 1. The largest absolute Gasteiger partial charge is 0.481 e. The van der Waals surface area contributed by atoms with E-state index in [0.717, 1.165) is 0 Å². The molecule has 1 saturated carbocycles. The van der Waals surface area contributed by atoms with E-state index in [0.29, 0.717) is 19.3 Å². The fourth-order valence-corrected chi connectivity index (χ4v) is 2.01. The highest BCUT2D eigenvalue weighted by atomic mass is 16.5. The van der Waals surface area contributed by atoms with Crippen molar-refractivity contribution < 1.29 is 24.6 Å². The van der Waals surface area contributed by atoms with Gasteiger partial charge in [-0.1, -0.05) is 0 Å². The number of carbonyl (C=O) groups excluding carboxylic acids is 1. The molecule has 0 bridgehead atoms. The third-order valence-corrected chi connectivity index (χ3v) is 2.90. The molecule has 1 aliphatic rings. The van der Waals surface area contributed by atoms with Gasteiger partial charge in [-0.2, -0.15) is 0 Å². The molecule has 1 rings (SSSR count). The van der Waals surface area contributed by atoms with Gasteiger partial charge in [0.15, 0.2) is 0 Å². The number of carbonyl (C=O) groups is 2. The number of hydroxylamine groups is 1. The van der Waals surface area contributed by atoms with Crippen LogP contribution >= 0.6 is 0 Å². The zero-order chi connectivity index (χ0) is 11.4. The Hall–Kier alpha value is -1.14. The third kappa shape index (κ3) is 2.66. The van der Waals surface area contributed by atoms with E-state index < -0.39 is 23.7 Å². The van der Waals surface area contributed by atoms with E-state index in [1.54, 1.807) is 0 Å². The number of hydrogen-bond acceptors (Lipinski definition) is 4. The van der Waals surface area contributed by atoms with E-state index in [1.807, 2.05) is 0 Å². The Bertz CT molecular complexity index is 255. The van der Waals surface area contributed by atoms with Gasteiger partial charge in [-0.25, -0.2) is 5.48 Å². The van der Waals surface area contributed by atoms with Crippen LogP contribution in [0.1, 0.15) is 19.3 Å². The zero-order valence-corrected chi connectivity index (χ0v) is 8.47. The van der Waals surface area contributed by atoms with Gasteiger partial charge in [-0.15, -0.1) is 0 Å². The van der Waals surface area contributed by atoms with E-state index in [2.05, 4.69) is 0 Å². The van der Waals surface area contributed by atoms with Crippen molar-refractivity contribution in [1.82, 2.24) is 5.48 Å². The molecule has 0 saturated heterocycles. The minimum atomic E-state index is -1.00. The van der Waals surface area contributed by atoms with Gasteiger partial charge in [0, 0.05) is 7.11 Å². The average Bonchev–Trinajstić information content (AvgIpc) is 2.26. The van der Waals surface area contributed by atoms with E-state index in [-0.39, 0.29) is 6.10 Å². The Balaban J connectivity index is 2.73. The number of carboxylic acids is 1. The van der Waals surface area contributed by atoms with Crippen molar-refractivity contribution in [3.8, 4) is 0 Å². The number of ether oxygens (including phenoxy) is 1. The van der Waals surface area contributed by atoms with E-state index in [1.165, 1.54) is 12.6 Å². The predicted octanol–water partition coefficient (Wildman–Crippen LogP) is 0.00770. The first-order chi connectivity index (χ1) is 7.10. The highest BCUT2D eigenvalue weighted by molar-refractivity contribution is 5.84. The van der Waals surface area contributed by atoms with Crippen LogP contribution in [0.5, 0.6) is 0 Å². The Morgan fingerprint density at radius 2 is 2.00 bits per heavy atom. The number of hydrogen-bond donors (Lipinski definition) is 3. The highest BCUT2D eigenvalue weighted by Gasteiger charge is 2.39. The van der Waals surface area contributed by atoms with Crippen molar-refractivity contribution >= 4 is 11.9 Å². The van der Waals surface area contributed by atoms with Crippen molar-refractivity contribution in [2.75, 3.05) is 7.11 Å². The zero-order valence-electron chi connectivity index (χ0n) is 8.47. The van der Waals surface area contributed by atoms with Gasteiger partial charge in [-0.05, 0) is 19.3 Å². The first-order valence-electron chi connectivity index (χ1n) is 4.79. The number of carboxylic acid groups (broad SMARTS) is 1. The lowest BCUT2D eigenvalue weighted by Gasteiger charge is -2.31. The van der Waals surface area contributed by atoms with Crippen molar-refractivity contribution in [2.24, 2.45) is 11.8 Å². The standard InChI is InChI=1S/C9H15NO5/c1-15-5-2-3-6(9(12)13)7(4-5)8(11)10-14/h5-7,14H,2-4H2,1H3,(H,10,11)(H,12,13)/t5?,6-,7?/m0/s1. The summed E-state index contributed by atoms with van der Waals surface area (Å²) in [5, 5.41) is 17.4. The number of rotatable bonds is 3. The summed E-state index contributed by atoms with van der Waals surface area (Å²) in [6, 6.07) is 0. The van der Waals surface area contributed by atoms with Crippen LogP contribution in [0.15, 0.2) is 0 Å². The van der Waals surface area contributed by atoms with Gasteiger partial charge in [0.2, 0.25) is 5.91 Å². The molecule has 86 valence electrons. The first-order valence-corrected chi connectivity index (χ1v) is 4.79.